The molecule has 0 aliphatic rings. The van der Waals surface area contributed by atoms with E-state index in [0.29, 0.717) is 13.2 Å². The number of oxime groups is 1. The molecule has 0 atom stereocenters. The molecule has 0 spiro atoms. The van der Waals surface area contributed by atoms with Crippen molar-refractivity contribution in [3.8, 4) is 0 Å². The van der Waals surface area contributed by atoms with Gasteiger partial charge in [-0.15, -0.1) is 0 Å². The van der Waals surface area contributed by atoms with Crippen molar-refractivity contribution in [3.63, 3.8) is 0 Å². The molecular formula is C5H12N2O. The molecule has 0 aromatic heterocycles. The summed E-state index contributed by atoms with van der Waals surface area (Å²) in [7, 11) is 0. The lowest BCUT2D eigenvalue weighted by molar-refractivity contribution is 0.153. The van der Waals surface area contributed by atoms with Crippen molar-refractivity contribution < 1.29 is 4.84 Å². The Morgan fingerprint density at radius 1 is 1.75 bits per heavy atom. The zero-order chi connectivity index (χ0) is 6.24. The van der Waals surface area contributed by atoms with Crippen LogP contribution in [0.2, 0.25) is 0 Å². The number of nitrogens with two attached hydrogens (primary N) is 1. The first-order valence-corrected chi connectivity index (χ1v) is 2.75. The van der Waals surface area contributed by atoms with E-state index in [-0.39, 0.29) is 0 Å². The van der Waals surface area contributed by atoms with E-state index in [1.54, 1.807) is 6.21 Å². The van der Waals surface area contributed by atoms with E-state index < -0.39 is 0 Å². The maximum Gasteiger partial charge on any atom is 0.129 e. The summed E-state index contributed by atoms with van der Waals surface area (Å²) in [6.45, 7) is 3.03. The Hall–Kier alpha value is -0.570. The van der Waals surface area contributed by atoms with Gasteiger partial charge >= 0.3 is 0 Å². The Labute approximate surface area is 49.5 Å². The van der Waals surface area contributed by atoms with Crippen LogP contribution in [0.5, 0.6) is 0 Å². The summed E-state index contributed by atoms with van der Waals surface area (Å²) in [5, 5.41) is 3.57. The monoisotopic (exact) mass is 116 g/mol. The third-order valence-electron chi connectivity index (χ3n) is 0.541. The van der Waals surface area contributed by atoms with Crippen LogP contribution < -0.4 is 5.73 Å². The lowest BCUT2D eigenvalue weighted by Gasteiger charge is -1.90. The molecule has 0 saturated heterocycles. The Bertz CT molecular complexity index is 63.4. The van der Waals surface area contributed by atoms with E-state index in [0.717, 1.165) is 6.42 Å². The third kappa shape index (κ3) is 5.43. The van der Waals surface area contributed by atoms with Gasteiger partial charge in [-0.2, -0.15) is 0 Å². The van der Waals surface area contributed by atoms with Crippen molar-refractivity contribution in [2.45, 2.75) is 13.3 Å². The SMILES string of the molecule is CCC=NOCCN. The van der Waals surface area contributed by atoms with Crippen LogP contribution in [-0.2, 0) is 4.84 Å². The number of nitrogens with zero attached hydrogens (tertiary/aromatic N) is 1. The van der Waals surface area contributed by atoms with Crippen LogP contribution in [-0.4, -0.2) is 19.4 Å². The molecule has 0 radical (unpaired) electrons. The molecule has 0 heterocycles. The standard InChI is InChI=1S/C5H12N2O/c1-2-4-7-8-5-3-6/h4H,2-3,5-6H2,1H3. The predicted octanol–water partition coefficient (Wildman–Crippen LogP) is 0.358. The molecule has 0 fully saturated rings. The van der Waals surface area contributed by atoms with E-state index >= 15 is 0 Å². The number of hydrogen-bond donors (Lipinski definition) is 1. The minimum absolute atomic E-state index is 0.510. The molecule has 0 aromatic carbocycles. The summed E-state index contributed by atoms with van der Waals surface area (Å²) in [4.78, 5) is 4.67. The van der Waals surface area contributed by atoms with Crippen LogP contribution in [0.4, 0.5) is 0 Å². The van der Waals surface area contributed by atoms with Crippen LogP contribution >= 0.6 is 0 Å². The Balaban J connectivity index is 2.80. The maximum absolute atomic E-state index is 5.11. The minimum atomic E-state index is 0.510. The highest BCUT2D eigenvalue weighted by molar-refractivity contribution is 5.55. The van der Waals surface area contributed by atoms with Crippen molar-refractivity contribution in [3.05, 3.63) is 0 Å². The molecule has 3 heteroatoms. The molecule has 0 aliphatic heterocycles. The normalized spacial score (nSPS) is 10.2. The van der Waals surface area contributed by atoms with Crippen molar-refractivity contribution in [1.29, 1.82) is 0 Å². The molecule has 2 N–H and O–H groups in total. The largest absolute Gasteiger partial charge is 0.395 e. The fourth-order valence-corrected chi connectivity index (χ4v) is 0.233. The summed E-state index contributed by atoms with van der Waals surface area (Å²) in [6.07, 6.45) is 2.61. The summed E-state index contributed by atoms with van der Waals surface area (Å²) < 4.78 is 0. The zero-order valence-corrected chi connectivity index (χ0v) is 5.13. The molecule has 3 nitrogen and oxygen atoms in total. The van der Waals surface area contributed by atoms with Gasteiger partial charge in [-0.1, -0.05) is 12.1 Å². The summed E-state index contributed by atoms with van der Waals surface area (Å²) in [5.41, 5.74) is 5.11. The molecule has 0 aliphatic carbocycles. The van der Waals surface area contributed by atoms with Gasteiger partial charge in [-0.25, -0.2) is 0 Å². The molecule has 0 amide bonds. The topological polar surface area (TPSA) is 47.6 Å². The average molecular weight is 116 g/mol. The highest BCUT2D eigenvalue weighted by atomic mass is 16.6. The Morgan fingerprint density at radius 2 is 2.50 bits per heavy atom. The fraction of sp³-hybridized carbons (Fsp3) is 0.800. The van der Waals surface area contributed by atoms with E-state index in [1.165, 1.54) is 0 Å². The lowest BCUT2D eigenvalue weighted by atomic mass is 10.6. The van der Waals surface area contributed by atoms with E-state index in [1.807, 2.05) is 6.92 Å². The van der Waals surface area contributed by atoms with E-state index in [2.05, 4.69) is 9.99 Å². The number of rotatable bonds is 4. The number of hydrogen-bond acceptors (Lipinski definition) is 3. The molecule has 8 heavy (non-hydrogen) atoms. The van der Waals surface area contributed by atoms with Crippen LogP contribution in [0, 0.1) is 0 Å². The molecular weight excluding hydrogens is 104 g/mol. The van der Waals surface area contributed by atoms with Gasteiger partial charge in [0.2, 0.25) is 0 Å². The summed E-state index contributed by atoms with van der Waals surface area (Å²) in [5.74, 6) is 0. The summed E-state index contributed by atoms with van der Waals surface area (Å²) >= 11 is 0. The van der Waals surface area contributed by atoms with E-state index in [4.69, 9.17) is 5.73 Å². The zero-order valence-electron chi connectivity index (χ0n) is 5.13. The molecule has 0 saturated carbocycles. The highest BCUT2D eigenvalue weighted by Crippen LogP contribution is 1.72. The van der Waals surface area contributed by atoms with Gasteiger partial charge in [0.1, 0.15) is 6.61 Å². The van der Waals surface area contributed by atoms with Gasteiger partial charge < -0.3 is 10.6 Å². The first-order chi connectivity index (χ1) is 3.91. The van der Waals surface area contributed by atoms with E-state index in [9.17, 15) is 0 Å². The van der Waals surface area contributed by atoms with Crippen LogP contribution in [0.1, 0.15) is 13.3 Å². The highest BCUT2D eigenvalue weighted by Gasteiger charge is 1.73. The van der Waals surface area contributed by atoms with Gasteiger partial charge in [0.05, 0.1) is 0 Å². The lowest BCUT2D eigenvalue weighted by Crippen LogP contribution is -2.05. The Kier molecular flexibility index (Phi) is 5.97. The molecule has 0 bridgehead atoms. The molecule has 0 unspecified atom stereocenters. The Morgan fingerprint density at radius 3 is 3.00 bits per heavy atom. The van der Waals surface area contributed by atoms with Gasteiger partial charge in [-0.05, 0) is 6.42 Å². The summed E-state index contributed by atoms with van der Waals surface area (Å²) in [6, 6.07) is 0. The van der Waals surface area contributed by atoms with Gasteiger partial charge in [0.25, 0.3) is 0 Å². The van der Waals surface area contributed by atoms with Gasteiger partial charge in [0, 0.05) is 12.8 Å². The first kappa shape index (κ1) is 7.43. The maximum atomic E-state index is 5.11. The quantitative estimate of drug-likeness (QED) is 0.327. The second-order valence-corrected chi connectivity index (χ2v) is 1.32. The fourth-order valence-electron chi connectivity index (χ4n) is 0.233. The third-order valence-corrected chi connectivity index (χ3v) is 0.541. The molecule has 0 aromatic rings. The van der Waals surface area contributed by atoms with Crippen molar-refractivity contribution >= 4 is 6.21 Å². The van der Waals surface area contributed by atoms with Gasteiger partial charge in [0.15, 0.2) is 0 Å². The van der Waals surface area contributed by atoms with Crippen molar-refractivity contribution in [2.75, 3.05) is 13.2 Å². The molecule has 0 rings (SSSR count). The van der Waals surface area contributed by atoms with Crippen molar-refractivity contribution in [2.24, 2.45) is 10.9 Å². The van der Waals surface area contributed by atoms with Crippen LogP contribution in [0.15, 0.2) is 5.16 Å². The predicted molar refractivity (Wildman–Crippen MR) is 33.8 cm³/mol. The second kappa shape index (κ2) is 6.43. The van der Waals surface area contributed by atoms with Gasteiger partial charge in [-0.3, -0.25) is 0 Å². The van der Waals surface area contributed by atoms with Crippen LogP contribution in [0.3, 0.4) is 0 Å². The minimum Gasteiger partial charge on any atom is -0.395 e. The molecule has 48 valence electrons. The van der Waals surface area contributed by atoms with Crippen molar-refractivity contribution in [1.82, 2.24) is 0 Å². The first-order valence-electron chi connectivity index (χ1n) is 2.75. The smallest absolute Gasteiger partial charge is 0.129 e. The second-order valence-electron chi connectivity index (χ2n) is 1.32. The van der Waals surface area contributed by atoms with Crippen LogP contribution in [0.25, 0.3) is 0 Å². The average Bonchev–Trinajstić information content (AvgIpc) is 1.81.